The van der Waals surface area contributed by atoms with E-state index in [0.717, 1.165) is 94.2 Å². The second-order valence-corrected chi connectivity index (χ2v) is 13.8. The summed E-state index contributed by atoms with van der Waals surface area (Å²) < 4.78 is 13.2. The maximum Gasteiger partial charge on any atom is 0.180 e. The summed E-state index contributed by atoms with van der Waals surface area (Å²) >= 11 is 0. The number of fused-ring (bicyclic) bond motifs is 7. The van der Waals surface area contributed by atoms with E-state index in [0.29, 0.717) is 11.4 Å². The molecule has 5 heteroatoms. The molecule has 3 heterocycles. The minimum atomic E-state index is 0.618. The van der Waals surface area contributed by atoms with Gasteiger partial charge in [-0.2, -0.15) is 0 Å². The van der Waals surface area contributed by atoms with Crippen molar-refractivity contribution in [2.45, 2.75) is 0 Å². The van der Waals surface area contributed by atoms with Crippen LogP contribution in [0, 0.1) is 0 Å². The topological polar surface area (TPSA) is 55.3 Å². The van der Waals surface area contributed by atoms with E-state index < -0.39 is 0 Å². The third kappa shape index (κ3) is 5.24. The lowest BCUT2D eigenvalue weighted by Gasteiger charge is -2.25. The molecule has 11 rings (SSSR count). The molecule has 0 N–H and O–H groups in total. The number of anilines is 3. The van der Waals surface area contributed by atoms with Crippen LogP contribution >= 0.6 is 0 Å². The Hall–Kier alpha value is -7.50. The van der Waals surface area contributed by atoms with E-state index in [1.54, 1.807) is 0 Å². The number of hydrogen-bond donors (Lipinski definition) is 0. The van der Waals surface area contributed by atoms with Gasteiger partial charge in [-0.3, -0.25) is 0 Å². The van der Waals surface area contributed by atoms with Crippen LogP contribution in [-0.4, -0.2) is 9.97 Å². The number of rotatable bonds is 6. The minimum Gasteiger partial charge on any atom is -0.455 e. The van der Waals surface area contributed by atoms with E-state index in [1.807, 2.05) is 48.5 Å². The van der Waals surface area contributed by atoms with Crippen molar-refractivity contribution >= 4 is 71.8 Å². The number of benzene rings is 8. The first-order valence-corrected chi connectivity index (χ1v) is 18.4. The Labute approximate surface area is 316 Å². The van der Waals surface area contributed by atoms with Crippen molar-refractivity contribution in [3.63, 3.8) is 0 Å². The fourth-order valence-electron chi connectivity index (χ4n) is 7.81. The summed E-state index contributed by atoms with van der Waals surface area (Å²) in [5.41, 5.74) is 11.7. The molecule has 0 amide bonds. The van der Waals surface area contributed by atoms with Gasteiger partial charge in [-0.1, -0.05) is 115 Å². The molecule has 0 saturated carbocycles. The van der Waals surface area contributed by atoms with Crippen LogP contribution in [0.3, 0.4) is 0 Å². The zero-order valence-corrected chi connectivity index (χ0v) is 29.6. The largest absolute Gasteiger partial charge is 0.455 e. The smallest absolute Gasteiger partial charge is 0.180 e. The predicted molar refractivity (Wildman–Crippen MR) is 225 cm³/mol. The Kier molecular flexibility index (Phi) is 7.10. The maximum absolute atomic E-state index is 6.80. The van der Waals surface area contributed by atoms with Gasteiger partial charge in [0.05, 0.1) is 0 Å². The highest BCUT2D eigenvalue weighted by Gasteiger charge is 2.22. The summed E-state index contributed by atoms with van der Waals surface area (Å²) in [7, 11) is 0. The highest BCUT2D eigenvalue weighted by Crippen LogP contribution is 2.43. The average molecular weight is 706 g/mol. The van der Waals surface area contributed by atoms with Gasteiger partial charge in [0.2, 0.25) is 0 Å². The first kappa shape index (κ1) is 31.1. The lowest BCUT2D eigenvalue weighted by molar-refractivity contribution is 0.667. The van der Waals surface area contributed by atoms with Crippen LogP contribution in [0.1, 0.15) is 0 Å². The fourth-order valence-corrected chi connectivity index (χ4v) is 7.81. The van der Waals surface area contributed by atoms with Gasteiger partial charge in [0.15, 0.2) is 11.4 Å². The summed E-state index contributed by atoms with van der Waals surface area (Å²) in [5.74, 6) is 0.618. The van der Waals surface area contributed by atoms with Crippen LogP contribution in [0.2, 0.25) is 0 Å². The number of aromatic nitrogens is 2. The van der Waals surface area contributed by atoms with Crippen molar-refractivity contribution in [2.75, 3.05) is 4.90 Å². The van der Waals surface area contributed by atoms with Crippen molar-refractivity contribution in [2.24, 2.45) is 0 Å². The van der Waals surface area contributed by atoms with E-state index in [2.05, 4.69) is 144 Å². The van der Waals surface area contributed by atoms with Gasteiger partial charge < -0.3 is 13.7 Å². The van der Waals surface area contributed by atoms with Crippen LogP contribution in [0.4, 0.5) is 17.1 Å². The highest BCUT2D eigenvalue weighted by atomic mass is 16.3. The molecule has 258 valence electrons. The van der Waals surface area contributed by atoms with Gasteiger partial charge >= 0.3 is 0 Å². The maximum atomic E-state index is 6.80. The van der Waals surface area contributed by atoms with Crippen LogP contribution in [0.15, 0.2) is 197 Å². The Morgan fingerprint density at radius 1 is 0.382 bits per heavy atom. The Morgan fingerprint density at radius 2 is 0.982 bits per heavy atom. The minimum absolute atomic E-state index is 0.618. The molecule has 0 saturated heterocycles. The molecule has 0 aliphatic rings. The summed E-state index contributed by atoms with van der Waals surface area (Å²) in [6.07, 6.45) is 0. The van der Waals surface area contributed by atoms with Crippen molar-refractivity contribution in [1.82, 2.24) is 9.97 Å². The molecular formula is C50H31N3O2. The van der Waals surface area contributed by atoms with Crippen molar-refractivity contribution in [1.29, 1.82) is 0 Å². The molecule has 0 spiro atoms. The van der Waals surface area contributed by atoms with E-state index >= 15 is 0 Å². The molecule has 0 aliphatic heterocycles. The Balaban J connectivity index is 1.15. The normalized spacial score (nSPS) is 11.6. The van der Waals surface area contributed by atoms with Crippen LogP contribution in [0.25, 0.3) is 88.6 Å². The number of hydrogen-bond acceptors (Lipinski definition) is 5. The monoisotopic (exact) mass is 705 g/mol. The summed E-state index contributed by atoms with van der Waals surface area (Å²) in [6.45, 7) is 0. The van der Waals surface area contributed by atoms with E-state index in [-0.39, 0.29) is 0 Å². The molecule has 5 nitrogen and oxygen atoms in total. The molecule has 55 heavy (non-hydrogen) atoms. The standard InChI is InChI=1S/C50H31N3O2/c1-4-14-33(15-5-1)46-49-47(40-22-12-13-23-44(40)54-49)52-50(51-46)36-29-41(48-43(30-36)42-28-34-16-10-11-17-35(34)31-45(42)55-48)32-24-26-39(27-25-32)53(37-18-6-2-7-19-37)38-20-8-3-9-21-38/h1-31H. The molecule has 0 atom stereocenters. The SMILES string of the molecule is c1ccc(-c2nc(-c3cc(-c4ccc(N(c5ccccc5)c5ccccc5)cc4)c4oc5cc6ccccc6cc5c4c3)nc3c2oc2ccccc23)cc1. The van der Waals surface area contributed by atoms with Gasteiger partial charge in [0.1, 0.15) is 28.0 Å². The molecular weight excluding hydrogens is 675 g/mol. The predicted octanol–water partition coefficient (Wildman–Crippen LogP) is 13.9. The molecule has 0 fully saturated rings. The molecule has 0 aliphatic carbocycles. The second-order valence-electron chi connectivity index (χ2n) is 13.8. The first-order chi connectivity index (χ1) is 27.2. The summed E-state index contributed by atoms with van der Waals surface area (Å²) in [6, 6.07) is 65.0. The number of para-hydroxylation sites is 3. The zero-order chi connectivity index (χ0) is 36.3. The van der Waals surface area contributed by atoms with Crippen molar-refractivity contribution < 1.29 is 8.83 Å². The average Bonchev–Trinajstić information content (AvgIpc) is 3.81. The molecule has 0 unspecified atom stereocenters. The Bertz CT molecular complexity index is 3150. The zero-order valence-electron chi connectivity index (χ0n) is 29.6. The summed E-state index contributed by atoms with van der Waals surface area (Å²) in [4.78, 5) is 12.8. The third-order valence-electron chi connectivity index (χ3n) is 10.4. The van der Waals surface area contributed by atoms with Gasteiger partial charge in [-0.25, -0.2) is 9.97 Å². The van der Waals surface area contributed by atoms with Crippen LogP contribution < -0.4 is 4.90 Å². The van der Waals surface area contributed by atoms with Gasteiger partial charge in [-0.15, -0.1) is 0 Å². The highest BCUT2D eigenvalue weighted by molar-refractivity contribution is 6.15. The summed E-state index contributed by atoms with van der Waals surface area (Å²) in [5, 5.41) is 5.30. The van der Waals surface area contributed by atoms with Crippen LogP contribution in [-0.2, 0) is 0 Å². The quantitative estimate of drug-likeness (QED) is 0.172. The molecule has 0 bridgehead atoms. The number of nitrogens with zero attached hydrogens (tertiary/aromatic N) is 3. The van der Waals surface area contributed by atoms with Gasteiger partial charge in [-0.05, 0) is 89.1 Å². The van der Waals surface area contributed by atoms with E-state index in [9.17, 15) is 0 Å². The lowest BCUT2D eigenvalue weighted by Crippen LogP contribution is -2.09. The van der Waals surface area contributed by atoms with Gasteiger partial charge in [0.25, 0.3) is 0 Å². The second kappa shape index (κ2) is 12.6. The van der Waals surface area contributed by atoms with Gasteiger partial charge in [0, 0.05) is 49.9 Å². The molecule has 0 radical (unpaired) electrons. The van der Waals surface area contributed by atoms with E-state index in [1.165, 1.54) is 0 Å². The molecule has 11 aromatic rings. The van der Waals surface area contributed by atoms with Crippen molar-refractivity contribution in [3.05, 3.63) is 188 Å². The molecule has 8 aromatic carbocycles. The Morgan fingerprint density at radius 3 is 1.71 bits per heavy atom. The first-order valence-electron chi connectivity index (χ1n) is 18.4. The fraction of sp³-hybridized carbons (Fsp3) is 0. The van der Waals surface area contributed by atoms with E-state index in [4.69, 9.17) is 18.8 Å². The van der Waals surface area contributed by atoms with Crippen molar-refractivity contribution in [3.8, 4) is 33.8 Å². The van der Waals surface area contributed by atoms with Crippen LogP contribution in [0.5, 0.6) is 0 Å². The third-order valence-corrected chi connectivity index (χ3v) is 10.4. The molecule has 3 aromatic heterocycles. The number of furan rings is 2. The lowest BCUT2D eigenvalue weighted by atomic mass is 9.97.